The molecule has 3 aromatic rings. The molecule has 0 aliphatic carbocycles. The monoisotopic (exact) mass is 356 g/mol. The largest absolute Gasteiger partial charge is 0.494 e. The van der Waals surface area contributed by atoms with Gasteiger partial charge in [0, 0.05) is 44.5 Å². The Bertz CT molecular complexity index is 919. The fourth-order valence-corrected chi connectivity index (χ4v) is 3.34. The number of aryl methyl sites for hydroxylation is 1. The summed E-state index contributed by atoms with van der Waals surface area (Å²) < 4.78 is 20.6. The Kier molecular flexibility index (Phi) is 4.42. The van der Waals surface area contributed by atoms with Crippen molar-refractivity contribution in [1.82, 2.24) is 24.5 Å². The highest BCUT2D eigenvalue weighted by Gasteiger charge is 2.20. The smallest absolute Gasteiger partial charge is 0.254 e. The molecule has 0 unspecified atom stereocenters. The van der Waals surface area contributed by atoms with E-state index >= 15 is 0 Å². The van der Waals surface area contributed by atoms with E-state index in [2.05, 4.69) is 24.9 Å². The minimum Gasteiger partial charge on any atom is -0.494 e. The van der Waals surface area contributed by atoms with Crippen LogP contribution in [0.25, 0.3) is 5.78 Å². The third kappa shape index (κ3) is 3.20. The first-order chi connectivity index (χ1) is 12.6. The third-order valence-electron chi connectivity index (χ3n) is 4.68. The van der Waals surface area contributed by atoms with Crippen molar-refractivity contribution in [3.05, 3.63) is 47.7 Å². The van der Waals surface area contributed by atoms with E-state index in [-0.39, 0.29) is 11.6 Å². The maximum absolute atomic E-state index is 13.9. The van der Waals surface area contributed by atoms with E-state index in [0.717, 1.165) is 49.8 Å². The van der Waals surface area contributed by atoms with Crippen molar-refractivity contribution in [2.24, 2.45) is 0 Å². The highest BCUT2D eigenvalue weighted by Crippen LogP contribution is 2.21. The van der Waals surface area contributed by atoms with Gasteiger partial charge in [-0.3, -0.25) is 4.90 Å². The van der Waals surface area contributed by atoms with Gasteiger partial charge in [0.15, 0.2) is 11.6 Å². The van der Waals surface area contributed by atoms with Crippen molar-refractivity contribution < 1.29 is 9.13 Å². The summed E-state index contributed by atoms with van der Waals surface area (Å²) in [5.41, 5.74) is 1.88. The molecule has 3 heterocycles. The molecule has 136 valence electrons. The minimum atomic E-state index is -0.315. The van der Waals surface area contributed by atoms with Crippen LogP contribution in [-0.2, 0) is 6.54 Å². The summed E-state index contributed by atoms with van der Waals surface area (Å²) in [6.45, 7) is 6.22. The minimum absolute atomic E-state index is 0.281. The molecule has 2 aromatic heterocycles. The normalized spacial score (nSPS) is 15.6. The molecule has 1 aliphatic heterocycles. The number of fused-ring (bicyclic) bond motifs is 1. The van der Waals surface area contributed by atoms with E-state index in [9.17, 15) is 4.39 Å². The van der Waals surface area contributed by atoms with Crippen molar-refractivity contribution in [2.75, 3.05) is 38.2 Å². The van der Waals surface area contributed by atoms with E-state index in [4.69, 9.17) is 4.74 Å². The van der Waals surface area contributed by atoms with E-state index in [1.54, 1.807) is 16.6 Å². The van der Waals surface area contributed by atoms with Gasteiger partial charge >= 0.3 is 0 Å². The number of hydrogen-bond acceptors (Lipinski definition) is 6. The van der Waals surface area contributed by atoms with Crippen molar-refractivity contribution in [2.45, 2.75) is 13.5 Å². The van der Waals surface area contributed by atoms with Crippen LogP contribution in [0.5, 0.6) is 5.75 Å². The number of rotatable bonds is 4. The fraction of sp³-hybridized carbons (Fsp3) is 0.389. The van der Waals surface area contributed by atoms with Crippen LogP contribution < -0.4 is 9.64 Å². The lowest BCUT2D eigenvalue weighted by atomic mass is 10.2. The number of ether oxygens (including phenoxy) is 1. The second-order valence-electron chi connectivity index (χ2n) is 6.46. The zero-order chi connectivity index (χ0) is 18.1. The van der Waals surface area contributed by atoms with Crippen LogP contribution >= 0.6 is 0 Å². The number of anilines is 1. The molecule has 8 heteroatoms. The number of hydrogen-bond donors (Lipinski definition) is 0. The molecule has 0 spiro atoms. The molecule has 26 heavy (non-hydrogen) atoms. The van der Waals surface area contributed by atoms with Crippen molar-refractivity contribution in [3.63, 3.8) is 0 Å². The topological polar surface area (TPSA) is 58.8 Å². The number of halogens is 1. The van der Waals surface area contributed by atoms with Crippen LogP contribution in [0.15, 0.2) is 30.6 Å². The standard InChI is InChI=1S/C18H21FN6O/c1-13-9-17(25-18(22-13)20-12-21-25)24-7-5-23(6-8-24)11-14-3-4-16(26-2)15(19)10-14/h3-4,9-10,12H,5-8,11H2,1-2H3. The summed E-state index contributed by atoms with van der Waals surface area (Å²) >= 11 is 0. The van der Waals surface area contributed by atoms with Crippen LogP contribution in [-0.4, -0.2) is 57.8 Å². The van der Waals surface area contributed by atoms with Crippen LogP contribution in [0, 0.1) is 12.7 Å². The summed E-state index contributed by atoms with van der Waals surface area (Å²) in [6.07, 6.45) is 1.53. The zero-order valence-corrected chi connectivity index (χ0v) is 14.9. The van der Waals surface area contributed by atoms with Crippen LogP contribution in [0.2, 0.25) is 0 Å². The zero-order valence-electron chi connectivity index (χ0n) is 14.9. The van der Waals surface area contributed by atoms with Gasteiger partial charge in [-0.1, -0.05) is 6.07 Å². The first-order valence-electron chi connectivity index (χ1n) is 8.61. The Balaban J connectivity index is 1.44. The van der Waals surface area contributed by atoms with E-state index < -0.39 is 0 Å². The predicted molar refractivity (Wildman–Crippen MR) is 96.0 cm³/mol. The van der Waals surface area contributed by atoms with E-state index in [1.165, 1.54) is 13.4 Å². The summed E-state index contributed by atoms with van der Waals surface area (Å²) in [6, 6.07) is 7.19. The molecule has 0 N–H and O–H groups in total. The summed E-state index contributed by atoms with van der Waals surface area (Å²) in [5.74, 6) is 1.60. The van der Waals surface area contributed by atoms with Gasteiger partial charge in [-0.25, -0.2) is 9.37 Å². The second kappa shape index (κ2) is 6.87. The molecule has 7 nitrogen and oxygen atoms in total. The van der Waals surface area contributed by atoms with Gasteiger partial charge in [-0.2, -0.15) is 14.6 Å². The Labute approximate surface area is 151 Å². The SMILES string of the molecule is COc1ccc(CN2CCN(c3cc(C)nc4ncnn34)CC2)cc1F. The predicted octanol–water partition coefficient (Wildman–Crippen LogP) is 1.90. The van der Waals surface area contributed by atoms with Gasteiger partial charge in [-0.15, -0.1) is 0 Å². The maximum atomic E-state index is 13.9. The summed E-state index contributed by atoms with van der Waals surface area (Å²) in [7, 11) is 1.48. The molecular weight excluding hydrogens is 335 g/mol. The van der Waals surface area contributed by atoms with Gasteiger partial charge < -0.3 is 9.64 Å². The molecule has 0 saturated carbocycles. The Morgan fingerprint density at radius 1 is 1.15 bits per heavy atom. The van der Waals surface area contributed by atoms with Gasteiger partial charge in [0.1, 0.15) is 12.1 Å². The van der Waals surface area contributed by atoms with Crippen LogP contribution in [0.3, 0.4) is 0 Å². The molecule has 0 bridgehead atoms. The van der Waals surface area contributed by atoms with Crippen LogP contribution in [0.1, 0.15) is 11.3 Å². The molecule has 4 rings (SSSR count). The van der Waals surface area contributed by atoms with E-state index in [1.807, 2.05) is 19.1 Å². The first-order valence-corrected chi connectivity index (χ1v) is 8.61. The molecule has 1 fully saturated rings. The molecule has 1 saturated heterocycles. The number of methoxy groups -OCH3 is 1. The number of aromatic nitrogens is 4. The maximum Gasteiger partial charge on any atom is 0.254 e. The van der Waals surface area contributed by atoms with Gasteiger partial charge in [0.2, 0.25) is 0 Å². The average Bonchev–Trinajstić information content (AvgIpc) is 3.10. The summed E-state index contributed by atoms with van der Waals surface area (Å²) in [5, 5.41) is 4.28. The molecule has 1 aliphatic rings. The van der Waals surface area contributed by atoms with Gasteiger partial charge in [0.05, 0.1) is 7.11 Å². The number of benzene rings is 1. The second-order valence-corrected chi connectivity index (χ2v) is 6.46. The van der Waals surface area contributed by atoms with Crippen LogP contribution in [0.4, 0.5) is 10.2 Å². The summed E-state index contributed by atoms with van der Waals surface area (Å²) in [4.78, 5) is 13.2. The van der Waals surface area contributed by atoms with Crippen molar-refractivity contribution in [3.8, 4) is 5.75 Å². The number of nitrogens with zero attached hydrogens (tertiary/aromatic N) is 6. The fourth-order valence-electron chi connectivity index (χ4n) is 3.34. The molecular formula is C18H21FN6O. The lowest BCUT2D eigenvalue weighted by Crippen LogP contribution is -2.46. The first kappa shape index (κ1) is 16.7. The molecule has 0 amide bonds. The Morgan fingerprint density at radius 3 is 2.69 bits per heavy atom. The van der Waals surface area contributed by atoms with E-state index in [0.29, 0.717) is 5.78 Å². The average molecular weight is 356 g/mol. The Hall–Kier alpha value is -2.74. The van der Waals surface area contributed by atoms with Crippen molar-refractivity contribution in [1.29, 1.82) is 0 Å². The molecule has 0 atom stereocenters. The quantitative estimate of drug-likeness (QED) is 0.712. The third-order valence-corrected chi connectivity index (χ3v) is 4.68. The highest BCUT2D eigenvalue weighted by atomic mass is 19.1. The lowest BCUT2D eigenvalue weighted by molar-refractivity contribution is 0.248. The molecule has 1 aromatic carbocycles. The van der Waals surface area contributed by atoms with Crippen molar-refractivity contribution >= 4 is 11.6 Å². The number of piperazine rings is 1. The molecule has 0 radical (unpaired) electrons. The lowest BCUT2D eigenvalue weighted by Gasteiger charge is -2.36. The van der Waals surface area contributed by atoms with Gasteiger partial charge in [0.25, 0.3) is 5.78 Å². The highest BCUT2D eigenvalue weighted by molar-refractivity contribution is 5.47. The Morgan fingerprint density at radius 2 is 1.96 bits per heavy atom. The van der Waals surface area contributed by atoms with Gasteiger partial charge in [-0.05, 0) is 24.6 Å².